The molecular weight excluding hydrogens is 439 g/mol. The van der Waals surface area contributed by atoms with Gasteiger partial charge in [-0.15, -0.1) is 0 Å². The fourth-order valence-corrected chi connectivity index (χ4v) is 0.321. The second-order valence-electron chi connectivity index (χ2n) is 8.57. The van der Waals surface area contributed by atoms with Gasteiger partial charge in [-0.2, -0.15) is 18.2 Å². The Morgan fingerprint density at radius 3 is 0.786 bits per heavy atom. The molecule has 0 aromatic heterocycles. The van der Waals surface area contributed by atoms with Crippen molar-refractivity contribution in [2.45, 2.75) is 62.3 Å². The minimum absolute atomic E-state index is 0. The zero-order valence-electron chi connectivity index (χ0n) is 18.8. The van der Waals surface area contributed by atoms with E-state index in [0.717, 1.165) is 0 Å². The van der Waals surface area contributed by atoms with Crippen molar-refractivity contribution in [3.8, 4) is 0 Å². The van der Waals surface area contributed by atoms with E-state index in [-0.39, 0.29) is 33.6 Å². The number of carboxylic acids is 3. The van der Waals surface area contributed by atoms with E-state index in [0.29, 0.717) is 0 Å². The van der Waals surface area contributed by atoms with Crippen LogP contribution in [-0.2, 0) is 40.6 Å². The molecule has 161 valence electrons. The Bertz CT molecular complexity index is 440. The molecule has 1 aromatic rings. The Morgan fingerprint density at radius 1 is 0.607 bits per heavy atom. The summed E-state index contributed by atoms with van der Waals surface area (Å²) in [6.07, 6.45) is 0. The first-order valence-electron chi connectivity index (χ1n) is 8.14. The standard InChI is InChI=1S/3C5H10O2.C5H5.CH3.Zr/c3*1-5(2,3)4(6)7;1-2-4-5-3-1;;/h3*1-3H3,(H,6,7);1-5H;1H3;/q;;;2*-1;+3/p-3. The van der Waals surface area contributed by atoms with Crippen LogP contribution in [0.2, 0.25) is 0 Å². The van der Waals surface area contributed by atoms with Crippen LogP contribution in [0.4, 0.5) is 0 Å². The molecule has 0 fully saturated rings. The number of aliphatic carboxylic acids is 3. The summed E-state index contributed by atoms with van der Waals surface area (Å²) in [5.41, 5.74) is -2.08. The van der Waals surface area contributed by atoms with Gasteiger partial charge < -0.3 is 37.1 Å². The van der Waals surface area contributed by atoms with E-state index in [9.17, 15) is 29.7 Å². The molecular formula is C21H35O6Zr-2. The molecule has 0 heterocycles. The smallest absolute Gasteiger partial charge is 0.550 e. The van der Waals surface area contributed by atoms with E-state index in [1.807, 2.05) is 30.3 Å². The predicted octanol–water partition coefficient (Wildman–Crippen LogP) is 1.20. The molecule has 1 rings (SSSR count). The quantitative estimate of drug-likeness (QED) is 0.521. The van der Waals surface area contributed by atoms with Crippen molar-refractivity contribution in [3.05, 3.63) is 37.8 Å². The fourth-order valence-electron chi connectivity index (χ4n) is 0.321. The second kappa shape index (κ2) is 16.6. The third-order valence-corrected chi connectivity index (χ3v) is 2.39. The molecule has 6 nitrogen and oxygen atoms in total. The van der Waals surface area contributed by atoms with Crippen LogP contribution in [0, 0.1) is 23.7 Å². The van der Waals surface area contributed by atoms with Gasteiger partial charge in [0.1, 0.15) is 0 Å². The van der Waals surface area contributed by atoms with Gasteiger partial charge in [-0.05, 0) is 0 Å². The summed E-state index contributed by atoms with van der Waals surface area (Å²) in [4.78, 5) is 29.7. The molecule has 0 aliphatic carbocycles. The molecule has 0 atom stereocenters. The topological polar surface area (TPSA) is 120 Å². The molecule has 0 N–H and O–H groups in total. The van der Waals surface area contributed by atoms with Gasteiger partial charge >= 0.3 is 26.2 Å². The number of hydrogen-bond acceptors (Lipinski definition) is 6. The number of hydrogen-bond donors (Lipinski definition) is 0. The van der Waals surface area contributed by atoms with Crippen molar-refractivity contribution < 1.29 is 55.9 Å². The van der Waals surface area contributed by atoms with Crippen LogP contribution in [0.15, 0.2) is 30.3 Å². The van der Waals surface area contributed by atoms with Gasteiger partial charge in [-0.3, -0.25) is 0 Å². The van der Waals surface area contributed by atoms with Crippen LogP contribution in [-0.4, -0.2) is 17.9 Å². The number of rotatable bonds is 0. The molecule has 0 unspecified atom stereocenters. The molecule has 1 radical (unpaired) electrons. The number of carboxylic acid groups (broad SMARTS) is 3. The third-order valence-electron chi connectivity index (χ3n) is 2.39. The maximum absolute atomic E-state index is 9.91. The molecule has 0 saturated heterocycles. The van der Waals surface area contributed by atoms with Gasteiger partial charge in [-0.25, -0.2) is 12.1 Å². The van der Waals surface area contributed by atoms with Gasteiger partial charge in [0.05, 0.1) is 0 Å². The summed E-state index contributed by atoms with van der Waals surface area (Å²) < 4.78 is 0. The predicted molar refractivity (Wildman–Crippen MR) is 102 cm³/mol. The van der Waals surface area contributed by atoms with Crippen molar-refractivity contribution >= 4 is 17.9 Å². The van der Waals surface area contributed by atoms with E-state index in [1.54, 1.807) is 62.3 Å². The SMILES string of the molecule is CC(C)(C)C(=O)[O-].CC(C)(C)C(=O)[O-].CC(C)(C)C(=O)[O-].[CH3-].[Zr+3].c1cc[cH-]c1. The van der Waals surface area contributed by atoms with Crippen molar-refractivity contribution in [2.24, 2.45) is 16.2 Å². The fraction of sp³-hybridized carbons (Fsp3) is 0.571. The Labute approximate surface area is 189 Å². The van der Waals surface area contributed by atoms with Gasteiger partial charge in [0.25, 0.3) is 0 Å². The zero-order chi connectivity index (χ0) is 21.8. The number of carbonyl (C=O) groups excluding carboxylic acids is 3. The maximum Gasteiger partial charge on any atom is 3.00 e. The molecule has 0 saturated carbocycles. The van der Waals surface area contributed by atoms with Crippen LogP contribution in [0.1, 0.15) is 62.3 Å². The Hall–Kier alpha value is -1.36. The average molecular weight is 475 g/mol. The minimum atomic E-state index is -1.01. The van der Waals surface area contributed by atoms with Crippen LogP contribution < -0.4 is 15.3 Å². The first-order valence-corrected chi connectivity index (χ1v) is 8.14. The van der Waals surface area contributed by atoms with E-state index in [2.05, 4.69) is 0 Å². The van der Waals surface area contributed by atoms with Crippen LogP contribution in [0.5, 0.6) is 0 Å². The summed E-state index contributed by atoms with van der Waals surface area (Å²) in [5, 5.41) is 29.7. The van der Waals surface area contributed by atoms with E-state index < -0.39 is 34.2 Å². The van der Waals surface area contributed by atoms with Crippen molar-refractivity contribution in [1.29, 1.82) is 0 Å². The first-order chi connectivity index (χ1) is 11.3. The van der Waals surface area contributed by atoms with Crippen LogP contribution >= 0.6 is 0 Å². The molecule has 7 heteroatoms. The Balaban J connectivity index is -0.0000000824. The average Bonchev–Trinajstić information content (AvgIpc) is 2.95. The minimum Gasteiger partial charge on any atom is -0.550 e. The largest absolute Gasteiger partial charge is 3.00 e. The van der Waals surface area contributed by atoms with Crippen LogP contribution in [0.3, 0.4) is 0 Å². The van der Waals surface area contributed by atoms with Gasteiger partial charge in [-0.1, -0.05) is 62.3 Å². The molecule has 0 bridgehead atoms. The summed E-state index contributed by atoms with van der Waals surface area (Å²) >= 11 is 0. The van der Waals surface area contributed by atoms with Crippen LogP contribution in [0.25, 0.3) is 0 Å². The molecule has 0 spiro atoms. The third kappa shape index (κ3) is 29.4. The normalized spacial score (nSPS) is 9.89. The van der Waals surface area contributed by atoms with Gasteiger partial charge in [0.2, 0.25) is 0 Å². The van der Waals surface area contributed by atoms with Crippen molar-refractivity contribution in [1.82, 2.24) is 0 Å². The molecule has 0 amide bonds. The molecule has 0 aliphatic rings. The van der Waals surface area contributed by atoms with E-state index >= 15 is 0 Å². The monoisotopic (exact) mass is 473 g/mol. The molecule has 0 aliphatic heterocycles. The summed E-state index contributed by atoms with van der Waals surface area (Å²) in [6, 6.07) is 10.0. The van der Waals surface area contributed by atoms with Gasteiger partial charge in [0, 0.05) is 34.2 Å². The van der Waals surface area contributed by atoms with E-state index in [1.165, 1.54) is 0 Å². The summed E-state index contributed by atoms with van der Waals surface area (Å²) in [6.45, 7) is 14.4. The number of carbonyl (C=O) groups is 3. The summed E-state index contributed by atoms with van der Waals surface area (Å²) in [7, 11) is 0. The second-order valence-corrected chi connectivity index (χ2v) is 8.57. The maximum atomic E-state index is 9.91. The van der Waals surface area contributed by atoms with Gasteiger partial charge in [0.15, 0.2) is 0 Å². The Kier molecular flexibility index (Phi) is 22.2. The first kappa shape index (κ1) is 37.4. The van der Waals surface area contributed by atoms with Crippen molar-refractivity contribution in [3.63, 3.8) is 0 Å². The summed E-state index contributed by atoms with van der Waals surface area (Å²) in [5.74, 6) is -3.02. The Morgan fingerprint density at radius 2 is 0.750 bits per heavy atom. The molecule has 1 aromatic carbocycles. The zero-order valence-corrected chi connectivity index (χ0v) is 21.3. The molecule has 28 heavy (non-hydrogen) atoms. The van der Waals surface area contributed by atoms with E-state index in [4.69, 9.17) is 0 Å². The van der Waals surface area contributed by atoms with Crippen molar-refractivity contribution in [2.75, 3.05) is 0 Å².